The summed E-state index contributed by atoms with van der Waals surface area (Å²) in [4.78, 5) is 25.4. The van der Waals surface area contributed by atoms with Crippen LogP contribution in [-0.2, 0) is 11.3 Å². The molecule has 0 saturated carbocycles. The fourth-order valence-electron chi connectivity index (χ4n) is 2.31. The van der Waals surface area contributed by atoms with Crippen LogP contribution in [0.5, 0.6) is 0 Å². The molecule has 0 aromatic carbocycles. The van der Waals surface area contributed by atoms with Crippen LogP contribution in [0.2, 0.25) is 0 Å². The lowest BCUT2D eigenvalue weighted by atomic mass is 10.0. The lowest BCUT2D eigenvalue weighted by Crippen LogP contribution is -2.31. The maximum atomic E-state index is 11.4. The number of anilines is 1. The second-order valence-corrected chi connectivity index (χ2v) is 6.30. The van der Waals surface area contributed by atoms with Gasteiger partial charge in [0.2, 0.25) is 5.91 Å². The topological polar surface area (TPSA) is 132 Å². The van der Waals surface area contributed by atoms with Gasteiger partial charge in [0.15, 0.2) is 0 Å². The van der Waals surface area contributed by atoms with Crippen molar-refractivity contribution in [1.82, 2.24) is 10.3 Å². The molecule has 0 bridgehead atoms. The molecule has 0 spiro atoms. The Morgan fingerprint density at radius 2 is 2.08 bits per heavy atom. The highest BCUT2D eigenvalue weighted by Crippen LogP contribution is 2.29. The minimum absolute atomic E-state index is 0.00399. The molecule has 1 amide bonds. The number of fused-ring (bicyclic) bond motifs is 1. The Morgan fingerprint density at radius 1 is 1.33 bits per heavy atom. The first-order chi connectivity index (χ1) is 11.4. The number of aromatic nitrogens is 1. The van der Waals surface area contributed by atoms with Crippen molar-refractivity contribution >= 4 is 29.6 Å². The van der Waals surface area contributed by atoms with Crippen LogP contribution in [0.3, 0.4) is 0 Å². The highest BCUT2D eigenvalue weighted by Gasteiger charge is 2.17. The number of aliphatic hydroxyl groups is 1. The fraction of sp³-hybridized carbons (Fsp3) is 0.400. The number of hydrogen-bond donors (Lipinski definition) is 5. The highest BCUT2D eigenvalue weighted by atomic mass is 32.2. The van der Waals surface area contributed by atoms with Gasteiger partial charge in [0.1, 0.15) is 5.82 Å². The van der Waals surface area contributed by atoms with Crippen molar-refractivity contribution in [3.8, 4) is 0 Å². The van der Waals surface area contributed by atoms with E-state index in [1.807, 2.05) is 24.3 Å². The number of carboxylic acid groups (broad SMARTS) is 2. The van der Waals surface area contributed by atoms with Crippen LogP contribution < -0.4 is 10.6 Å². The molecule has 2 heterocycles. The second-order valence-electron chi connectivity index (χ2n) is 5.29. The summed E-state index contributed by atoms with van der Waals surface area (Å²) in [5, 5.41) is 29.5. The van der Waals surface area contributed by atoms with Gasteiger partial charge in [0, 0.05) is 12.6 Å². The van der Waals surface area contributed by atoms with Gasteiger partial charge in [-0.1, -0.05) is 12.2 Å². The Bertz CT molecular complexity index is 634. The van der Waals surface area contributed by atoms with E-state index in [0.29, 0.717) is 18.1 Å². The molecule has 1 aromatic heterocycles. The van der Waals surface area contributed by atoms with E-state index in [-0.39, 0.29) is 18.1 Å². The van der Waals surface area contributed by atoms with Crippen LogP contribution in [0, 0.1) is 0 Å². The number of aliphatic hydroxyl groups excluding tert-OH is 1. The number of nitrogens with one attached hydrogen (secondary N) is 2. The molecule has 1 aromatic rings. The van der Waals surface area contributed by atoms with Gasteiger partial charge in [0.25, 0.3) is 0 Å². The maximum absolute atomic E-state index is 11.4. The number of carbonyl (C=O) groups is 2. The smallest absolute Gasteiger partial charge is 0.450 e. The van der Waals surface area contributed by atoms with E-state index in [2.05, 4.69) is 15.6 Å². The SMILES string of the molecule is O=C(O)O.O=C1CSc2ccc(CN[C@H]3C=C[C@@H](O)CC3)nc2N1. The molecule has 5 N–H and O–H groups in total. The van der Waals surface area contributed by atoms with Gasteiger partial charge in [-0.25, -0.2) is 9.78 Å². The molecular formula is C15H19N3O5S. The lowest BCUT2D eigenvalue weighted by molar-refractivity contribution is -0.113. The molecule has 0 saturated heterocycles. The molecule has 2 atom stereocenters. The van der Waals surface area contributed by atoms with Crippen molar-refractivity contribution in [3.05, 3.63) is 30.0 Å². The van der Waals surface area contributed by atoms with Crippen molar-refractivity contribution in [2.75, 3.05) is 11.1 Å². The number of carbonyl (C=O) groups excluding carboxylic acids is 1. The largest absolute Gasteiger partial charge is 0.503 e. The minimum Gasteiger partial charge on any atom is -0.450 e. The normalized spacial score (nSPS) is 22.0. The fourth-order valence-corrected chi connectivity index (χ4v) is 3.07. The molecule has 0 fully saturated rings. The third kappa shape index (κ3) is 5.84. The van der Waals surface area contributed by atoms with Crippen molar-refractivity contribution < 1.29 is 24.9 Å². The van der Waals surface area contributed by atoms with Gasteiger partial charge in [-0.2, -0.15) is 0 Å². The van der Waals surface area contributed by atoms with E-state index in [1.54, 1.807) is 0 Å². The van der Waals surface area contributed by atoms with Crippen LogP contribution in [0.1, 0.15) is 18.5 Å². The second kappa shape index (κ2) is 8.67. The van der Waals surface area contributed by atoms with Gasteiger partial charge in [0.05, 0.1) is 22.4 Å². The van der Waals surface area contributed by atoms with Crippen LogP contribution in [0.25, 0.3) is 0 Å². The van der Waals surface area contributed by atoms with E-state index in [4.69, 9.17) is 15.0 Å². The van der Waals surface area contributed by atoms with Gasteiger partial charge in [-0.15, -0.1) is 11.8 Å². The number of nitrogens with zero attached hydrogens (tertiary/aromatic N) is 1. The van der Waals surface area contributed by atoms with Crippen LogP contribution in [0.15, 0.2) is 29.2 Å². The van der Waals surface area contributed by atoms with Gasteiger partial charge in [-0.3, -0.25) is 4.79 Å². The Hall–Kier alpha value is -2.10. The van der Waals surface area contributed by atoms with Crippen molar-refractivity contribution in [1.29, 1.82) is 0 Å². The van der Waals surface area contributed by atoms with Crippen LogP contribution in [0.4, 0.5) is 10.6 Å². The summed E-state index contributed by atoms with van der Waals surface area (Å²) in [6.07, 6.45) is 3.41. The van der Waals surface area contributed by atoms with Crippen molar-refractivity contribution in [2.45, 2.75) is 36.4 Å². The van der Waals surface area contributed by atoms with Crippen LogP contribution in [-0.4, -0.2) is 50.3 Å². The zero-order valence-corrected chi connectivity index (χ0v) is 13.6. The van der Waals surface area contributed by atoms with Crippen molar-refractivity contribution in [3.63, 3.8) is 0 Å². The van der Waals surface area contributed by atoms with E-state index in [9.17, 15) is 9.90 Å². The van der Waals surface area contributed by atoms with E-state index in [0.717, 1.165) is 23.4 Å². The Kier molecular flexibility index (Phi) is 6.59. The highest BCUT2D eigenvalue weighted by molar-refractivity contribution is 8.00. The average Bonchev–Trinajstić information content (AvgIpc) is 2.53. The third-order valence-electron chi connectivity index (χ3n) is 3.42. The molecule has 3 rings (SSSR count). The summed E-state index contributed by atoms with van der Waals surface area (Å²) >= 11 is 1.52. The molecule has 1 aliphatic carbocycles. The summed E-state index contributed by atoms with van der Waals surface area (Å²) in [5.41, 5.74) is 0.908. The molecule has 8 nitrogen and oxygen atoms in total. The quantitative estimate of drug-likeness (QED) is 0.517. The van der Waals surface area contributed by atoms with Crippen molar-refractivity contribution in [2.24, 2.45) is 0 Å². The Morgan fingerprint density at radius 3 is 2.75 bits per heavy atom. The lowest BCUT2D eigenvalue weighted by Gasteiger charge is -2.21. The Labute approximate surface area is 143 Å². The summed E-state index contributed by atoms with van der Waals surface area (Å²) < 4.78 is 0. The average molecular weight is 353 g/mol. The summed E-state index contributed by atoms with van der Waals surface area (Å²) in [7, 11) is 0. The first kappa shape index (κ1) is 18.2. The number of amides is 1. The molecule has 24 heavy (non-hydrogen) atoms. The monoisotopic (exact) mass is 353 g/mol. The molecule has 2 aliphatic rings. The number of pyridine rings is 1. The predicted octanol–water partition coefficient (Wildman–Crippen LogP) is 1.52. The maximum Gasteiger partial charge on any atom is 0.503 e. The molecule has 9 heteroatoms. The molecule has 0 radical (unpaired) electrons. The van der Waals surface area contributed by atoms with E-state index in [1.165, 1.54) is 11.8 Å². The van der Waals surface area contributed by atoms with Crippen LogP contribution >= 0.6 is 11.8 Å². The molecular weight excluding hydrogens is 334 g/mol. The number of rotatable bonds is 3. The Balaban J connectivity index is 0.000000471. The molecule has 130 valence electrons. The van der Waals surface area contributed by atoms with Gasteiger partial charge in [-0.05, 0) is 25.0 Å². The van der Waals surface area contributed by atoms with E-state index >= 15 is 0 Å². The minimum atomic E-state index is -1.83. The summed E-state index contributed by atoms with van der Waals surface area (Å²) in [6.45, 7) is 0.652. The standard InChI is InChI=1S/C14H17N3O2S.CH2O3/c18-11-4-1-9(2-5-11)15-7-10-3-6-12-14(16-10)17-13(19)8-20-12;2-1(3)4/h1,3-4,6,9,11,15,18H,2,5,7-8H2,(H,16,17,19);(H2,2,3,4)/t9-,11+;/m0./s1. The third-order valence-corrected chi connectivity index (χ3v) is 4.46. The zero-order valence-electron chi connectivity index (χ0n) is 12.8. The summed E-state index contributed by atoms with van der Waals surface area (Å²) in [6, 6.07) is 4.27. The predicted molar refractivity (Wildman–Crippen MR) is 89.3 cm³/mol. The molecule has 0 unspecified atom stereocenters. The van der Waals surface area contributed by atoms with Gasteiger partial charge < -0.3 is 26.0 Å². The number of thioether (sulfide) groups is 1. The van der Waals surface area contributed by atoms with E-state index < -0.39 is 6.16 Å². The summed E-state index contributed by atoms with van der Waals surface area (Å²) in [5.74, 6) is 1.13. The van der Waals surface area contributed by atoms with Gasteiger partial charge >= 0.3 is 6.16 Å². The first-order valence-corrected chi connectivity index (χ1v) is 8.37. The first-order valence-electron chi connectivity index (χ1n) is 7.38. The molecule has 1 aliphatic heterocycles. The zero-order chi connectivity index (χ0) is 17.5. The number of hydrogen-bond acceptors (Lipinski definition) is 6.